The Labute approximate surface area is 153 Å². The summed E-state index contributed by atoms with van der Waals surface area (Å²) < 4.78 is 5.82. The minimum absolute atomic E-state index is 0.0749. The molecule has 2 atom stereocenters. The molecule has 1 aromatic heterocycles. The fourth-order valence-electron chi connectivity index (χ4n) is 3.37. The normalized spacial score (nSPS) is 21.2. The maximum atomic E-state index is 12.1. The van der Waals surface area contributed by atoms with Gasteiger partial charge < -0.3 is 10.1 Å². The van der Waals surface area contributed by atoms with Crippen molar-refractivity contribution < 1.29 is 9.53 Å². The average Bonchev–Trinajstić information content (AvgIpc) is 3.06. The van der Waals surface area contributed by atoms with Gasteiger partial charge in [0, 0.05) is 31.1 Å². The molecule has 0 bridgehead atoms. The van der Waals surface area contributed by atoms with Crippen LogP contribution in [0, 0.1) is 0 Å². The Balaban J connectivity index is 1.58. The van der Waals surface area contributed by atoms with E-state index in [2.05, 4.69) is 42.3 Å². The number of carbonyl (C=O) groups excluding carboxylic acids is 1. The third kappa shape index (κ3) is 5.39. The van der Waals surface area contributed by atoms with Crippen molar-refractivity contribution in [1.82, 2.24) is 10.2 Å². The lowest BCUT2D eigenvalue weighted by atomic mass is 10.1. The molecule has 3 rings (SSSR count). The van der Waals surface area contributed by atoms with E-state index < -0.39 is 0 Å². The number of rotatable bonds is 6. The molecule has 25 heavy (non-hydrogen) atoms. The SMILES string of the molecule is C[C@@H]1CN(Cc2ccccc2CNC(=O)Cc2cccs2)C[C@H](C)O1. The first-order valence-corrected chi connectivity index (χ1v) is 9.72. The number of carbonyl (C=O) groups is 1. The Morgan fingerprint density at radius 2 is 1.88 bits per heavy atom. The topological polar surface area (TPSA) is 41.6 Å². The molecule has 1 fully saturated rings. The van der Waals surface area contributed by atoms with Gasteiger partial charge in [-0.05, 0) is 36.4 Å². The maximum absolute atomic E-state index is 12.1. The van der Waals surface area contributed by atoms with E-state index >= 15 is 0 Å². The number of amides is 1. The molecule has 0 unspecified atom stereocenters. The van der Waals surface area contributed by atoms with E-state index in [4.69, 9.17) is 4.74 Å². The van der Waals surface area contributed by atoms with Crippen molar-refractivity contribution in [3.63, 3.8) is 0 Å². The second kappa shape index (κ2) is 8.61. The zero-order chi connectivity index (χ0) is 17.6. The van der Waals surface area contributed by atoms with E-state index in [0.717, 1.165) is 24.5 Å². The zero-order valence-corrected chi connectivity index (χ0v) is 15.7. The van der Waals surface area contributed by atoms with Gasteiger partial charge in [0.15, 0.2) is 0 Å². The molecule has 1 amide bonds. The fraction of sp³-hybridized carbons (Fsp3) is 0.450. The van der Waals surface area contributed by atoms with Crippen LogP contribution >= 0.6 is 11.3 Å². The average molecular weight is 359 g/mol. The second-order valence-electron chi connectivity index (χ2n) is 6.75. The minimum Gasteiger partial charge on any atom is -0.373 e. The fourth-order valence-corrected chi connectivity index (χ4v) is 4.07. The number of hydrogen-bond donors (Lipinski definition) is 1. The molecule has 0 radical (unpaired) electrons. The molecule has 1 aliphatic heterocycles. The summed E-state index contributed by atoms with van der Waals surface area (Å²) >= 11 is 1.62. The van der Waals surface area contributed by atoms with Gasteiger partial charge in [-0.2, -0.15) is 0 Å². The lowest BCUT2D eigenvalue weighted by Crippen LogP contribution is -2.45. The van der Waals surface area contributed by atoms with Crippen molar-refractivity contribution in [1.29, 1.82) is 0 Å². The Hall–Kier alpha value is -1.69. The summed E-state index contributed by atoms with van der Waals surface area (Å²) in [5, 5.41) is 5.06. The number of thiophene rings is 1. The van der Waals surface area contributed by atoms with Crippen molar-refractivity contribution in [2.24, 2.45) is 0 Å². The molecule has 2 heterocycles. The summed E-state index contributed by atoms with van der Waals surface area (Å²) in [6.45, 7) is 7.62. The van der Waals surface area contributed by atoms with Gasteiger partial charge in [0.25, 0.3) is 0 Å². The van der Waals surface area contributed by atoms with Crippen LogP contribution in [0.15, 0.2) is 41.8 Å². The Kier molecular flexibility index (Phi) is 6.24. The van der Waals surface area contributed by atoms with Crippen LogP contribution in [-0.2, 0) is 29.0 Å². The first kappa shape index (κ1) is 18.1. The van der Waals surface area contributed by atoms with Crippen molar-refractivity contribution in [2.75, 3.05) is 13.1 Å². The Morgan fingerprint density at radius 1 is 1.16 bits per heavy atom. The molecule has 0 saturated carbocycles. The second-order valence-corrected chi connectivity index (χ2v) is 7.79. The van der Waals surface area contributed by atoms with Crippen LogP contribution in [0.3, 0.4) is 0 Å². The van der Waals surface area contributed by atoms with Crippen LogP contribution in [-0.4, -0.2) is 36.1 Å². The van der Waals surface area contributed by atoms with Crippen LogP contribution in [0.25, 0.3) is 0 Å². The quantitative estimate of drug-likeness (QED) is 0.862. The molecule has 134 valence electrons. The molecule has 0 spiro atoms. The van der Waals surface area contributed by atoms with Crippen molar-refractivity contribution in [3.05, 3.63) is 57.8 Å². The van der Waals surface area contributed by atoms with Gasteiger partial charge in [0.2, 0.25) is 5.91 Å². The number of benzene rings is 1. The summed E-state index contributed by atoms with van der Waals surface area (Å²) in [7, 11) is 0. The van der Waals surface area contributed by atoms with E-state index in [1.54, 1.807) is 11.3 Å². The van der Waals surface area contributed by atoms with Crippen LogP contribution in [0.5, 0.6) is 0 Å². The molecule has 0 aliphatic carbocycles. The molecule has 4 nitrogen and oxygen atoms in total. The molecule has 1 N–H and O–H groups in total. The van der Waals surface area contributed by atoms with Gasteiger partial charge in [0.05, 0.1) is 18.6 Å². The third-order valence-corrected chi connectivity index (χ3v) is 5.27. The predicted octanol–water partition coefficient (Wildman–Crippen LogP) is 3.22. The number of hydrogen-bond acceptors (Lipinski definition) is 4. The lowest BCUT2D eigenvalue weighted by molar-refractivity contribution is -0.120. The van der Waals surface area contributed by atoms with Gasteiger partial charge in [0.1, 0.15) is 0 Å². The summed E-state index contributed by atoms with van der Waals surface area (Å²) in [5.41, 5.74) is 2.47. The summed E-state index contributed by atoms with van der Waals surface area (Å²) in [6, 6.07) is 12.3. The van der Waals surface area contributed by atoms with Gasteiger partial charge >= 0.3 is 0 Å². The lowest BCUT2D eigenvalue weighted by Gasteiger charge is -2.35. The third-order valence-electron chi connectivity index (χ3n) is 4.40. The number of nitrogens with one attached hydrogen (secondary N) is 1. The van der Waals surface area contributed by atoms with E-state index in [1.807, 2.05) is 23.6 Å². The van der Waals surface area contributed by atoms with E-state index in [-0.39, 0.29) is 18.1 Å². The predicted molar refractivity (Wildman–Crippen MR) is 102 cm³/mol. The Bertz CT molecular complexity index is 677. The highest BCUT2D eigenvalue weighted by atomic mass is 32.1. The largest absolute Gasteiger partial charge is 0.373 e. The number of morpholine rings is 1. The van der Waals surface area contributed by atoms with E-state index in [0.29, 0.717) is 13.0 Å². The van der Waals surface area contributed by atoms with Crippen LogP contribution in [0.4, 0.5) is 0 Å². The summed E-state index contributed by atoms with van der Waals surface area (Å²) in [5.74, 6) is 0.0749. The minimum atomic E-state index is 0.0749. The van der Waals surface area contributed by atoms with Crippen LogP contribution < -0.4 is 5.32 Å². The smallest absolute Gasteiger partial charge is 0.225 e. The number of nitrogens with zero attached hydrogens (tertiary/aromatic N) is 1. The van der Waals surface area contributed by atoms with Gasteiger partial charge in [-0.3, -0.25) is 9.69 Å². The highest BCUT2D eigenvalue weighted by Gasteiger charge is 2.22. The number of ether oxygens (including phenoxy) is 1. The molecule has 1 saturated heterocycles. The standard InChI is InChI=1S/C20H26N2O2S/c1-15-12-22(13-16(2)24-15)14-18-7-4-3-6-17(18)11-21-20(23)10-19-8-5-9-25-19/h3-9,15-16H,10-14H2,1-2H3,(H,21,23)/t15-,16+. The highest BCUT2D eigenvalue weighted by Crippen LogP contribution is 2.17. The van der Waals surface area contributed by atoms with Crippen molar-refractivity contribution >= 4 is 17.2 Å². The highest BCUT2D eigenvalue weighted by molar-refractivity contribution is 7.10. The molecule has 1 aliphatic rings. The summed E-state index contributed by atoms with van der Waals surface area (Å²) in [6.07, 6.45) is 0.987. The maximum Gasteiger partial charge on any atom is 0.225 e. The van der Waals surface area contributed by atoms with Crippen molar-refractivity contribution in [3.8, 4) is 0 Å². The van der Waals surface area contributed by atoms with Crippen LogP contribution in [0.2, 0.25) is 0 Å². The molecule has 5 heteroatoms. The molecular weight excluding hydrogens is 332 g/mol. The first-order valence-electron chi connectivity index (χ1n) is 8.84. The Morgan fingerprint density at radius 3 is 2.56 bits per heavy atom. The van der Waals surface area contributed by atoms with Crippen LogP contribution in [0.1, 0.15) is 29.9 Å². The summed E-state index contributed by atoms with van der Waals surface area (Å²) in [4.78, 5) is 15.7. The molecule has 2 aromatic rings. The van der Waals surface area contributed by atoms with Gasteiger partial charge in [-0.15, -0.1) is 11.3 Å². The van der Waals surface area contributed by atoms with E-state index in [9.17, 15) is 4.79 Å². The van der Waals surface area contributed by atoms with Gasteiger partial charge in [-0.1, -0.05) is 30.3 Å². The molecule has 1 aromatic carbocycles. The zero-order valence-electron chi connectivity index (χ0n) is 14.9. The van der Waals surface area contributed by atoms with Crippen molar-refractivity contribution in [2.45, 2.75) is 45.6 Å². The van der Waals surface area contributed by atoms with Gasteiger partial charge in [-0.25, -0.2) is 0 Å². The van der Waals surface area contributed by atoms with E-state index in [1.165, 1.54) is 11.1 Å². The molecular formula is C20H26N2O2S. The first-order chi connectivity index (χ1) is 12.1. The monoisotopic (exact) mass is 358 g/mol.